The molecule has 2 N–H and O–H groups in total. The predicted octanol–water partition coefficient (Wildman–Crippen LogP) is 3.77. The van der Waals surface area contributed by atoms with Gasteiger partial charge >= 0.3 is 6.09 Å². The van der Waals surface area contributed by atoms with Crippen LogP contribution < -0.4 is 10.1 Å². The van der Waals surface area contributed by atoms with E-state index in [1.54, 1.807) is 6.07 Å². The second-order valence-electron chi connectivity index (χ2n) is 6.35. The third kappa shape index (κ3) is 3.33. The van der Waals surface area contributed by atoms with Crippen molar-refractivity contribution in [3.8, 4) is 17.0 Å². The molecular formula is C19H18FN3O3. The molecule has 134 valence electrons. The van der Waals surface area contributed by atoms with Gasteiger partial charge < -0.3 is 14.8 Å². The standard InChI is InChI=1S/C19H18FN3O3/c1-11-4-5-21-19(24)25-10-12-6-13(8-14(20)7-12)18-16-9-15(26-11)2-3-17(16)22-23-18/h2-3,6-9,11H,4-5,10H2,1H3,(H,21,24)(H,22,23)/t11-/m0/s1. The molecule has 4 bridgehead atoms. The van der Waals surface area contributed by atoms with E-state index in [9.17, 15) is 9.18 Å². The Bertz CT molecular complexity index is 970. The zero-order valence-electron chi connectivity index (χ0n) is 14.2. The Kier molecular flexibility index (Phi) is 4.20. The molecule has 1 atom stereocenters. The van der Waals surface area contributed by atoms with Gasteiger partial charge in [-0.25, -0.2) is 9.18 Å². The predicted molar refractivity (Wildman–Crippen MR) is 94.4 cm³/mol. The number of hydrogen-bond donors (Lipinski definition) is 2. The molecule has 4 rings (SSSR count). The minimum atomic E-state index is -0.541. The number of rotatable bonds is 0. The molecule has 7 heteroatoms. The van der Waals surface area contributed by atoms with E-state index in [-0.39, 0.29) is 12.7 Å². The maximum absolute atomic E-state index is 14.1. The van der Waals surface area contributed by atoms with E-state index in [2.05, 4.69) is 15.5 Å². The zero-order chi connectivity index (χ0) is 18.1. The molecule has 0 fully saturated rings. The lowest BCUT2D eigenvalue weighted by atomic mass is 10.0. The number of H-pyrrole nitrogens is 1. The van der Waals surface area contributed by atoms with E-state index in [1.165, 1.54) is 12.1 Å². The van der Waals surface area contributed by atoms with E-state index in [1.807, 2.05) is 25.1 Å². The molecule has 26 heavy (non-hydrogen) atoms. The number of amides is 1. The Labute approximate surface area is 149 Å². The fourth-order valence-corrected chi connectivity index (χ4v) is 3.03. The van der Waals surface area contributed by atoms with E-state index < -0.39 is 11.9 Å². The number of nitrogens with zero attached hydrogens (tertiary/aromatic N) is 1. The molecule has 2 aromatic carbocycles. The number of ether oxygens (including phenoxy) is 2. The van der Waals surface area contributed by atoms with Crippen LogP contribution in [0.1, 0.15) is 18.9 Å². The van der Waals surface area contributed by atoms with Gasteiger partial charge in [0.05, 0.1) is 11.6 Å². The van der Waals surface area contributed by atoms with Crippen LogP contribution in [0.5, 0.6) is 5.75 Å². The molecule has 2 heterocycles. The first-order valence-electron chi connectivity index (χ1n) is 8.44. The number of carbonyl (C=O) groups excluding carboxylic acids is 1. The van der Waals surface area contributed by atoms with Crippen molar-refractivity contribution in [2.75, 3.05) is 6.54 Å². The number of halogens is 1. The van der Waals surface area contributed by atoms with Gasteiger partial charge in [-0.15, -0.1) is 0 Å². The lowest BCUT2D eigenvalue weighted by molar-refractivity contribution is 0.137. The van der Waals surface area contributed by atoms with Crippen molar-refractivity contribution < 1.29 is 18.7 Å². The highest BCUT2D eigenvalue weighted by Crippen LogP contribution is 2.31. The van der Waals surface area contributed by atoms with Crippen molar-refractivity contribution in [3.05, 3.63) is 47.8 Å². The highest BCUT2D eigenvalue weighted by Gasteiger charge is 2.14. The largest absolute Gasteiger partial charge is 0.491 e. The maximum Gasteiger partial charge on any atom is 0.407 e. The molecule has 0 saturated heterocycles. The molecule has 6 nitrogen and oxygen atoms in total. The third-order valence-electron chi connectivity index (χ3n) is 4.29. The maximum atomic E-state index is 14.1. The zero-order valence-corrected chi connectivity index (χ0v) is 14.2. The SMILES string of the molecule is C[C@H]1CCNC(=O)OCc2cc(F)cc(c2)-c2n[nH]c3ccc(cc23)O1. The van der Waals surface area contributed by atoms with Crippen LogP contribution in [0.15, 0.2) is 36.4 Å². The summed E-state index contributed by atoms with van der Waals surface area (Å²) in [7, 11) is 0. The van der Waals surface area contributed by atoms with Gasteiger partial charge in [0.1, 0.15) is 23.9 Å². The smallest absolute Gasteiger partial charge is 0.407 e. The molecule has 1 aliphatic heterocycles. The van der Waals surface area contributed by atoms with Gasteiger partial charge in [-0.2, -0.15) is 5.10 Å². The van der Waals surface area contributed by atoms with Crippen molar-refractivity contribution in [3.63, 3.8) is 0 Å². The monoisotopic (exact) mass is 355 g/mol. The minimum Gasteiger partial charge on any atom is -0.491 e. The van der Waals surface area contributed by atoms with Crippen LogP contribution in [-0.2, 0) is 11.3 Å². The van der Waals surface area contributed by atoms with Crippen LogP contribution in [-0.4, -0.2) is 28.9 Å². The molecule has 1 amide bonds. The number of hydrogen-bond acceptors (Lipinski definition) is 4. The van der Waals surface area contributed by atoms with Gasteiger partial charge in [-0.1, -0.05) is 0 Å². The van der Waals surface area contributed by atoms with Crippen molar-refractivity contribution in [1.29, 1.82) is 0 Å². The normalized spacial score (nSPS) is 17.8. The van der Waals surface area contributed by atoms with Gasteiger partial charge in [0.15, 0.2) is 0 Å². The summed E-state index contributed by atoms with van der Waals surface area (Å²) in [5.74, 6) is 0.282. The summed E-state index contributed by atoms with van der Waals surface area (Å²) < 4.78 is 25.2. The number of aromatic nitrogens is 2. The Morgan fingerprint density at radius 3 is 3.00 bits per heavy atom. The molecule has 3 aromatic rings. The molecule has 0 spiro atoms. The number of aromatic amines is 1. The summed E-state index contributed by atoms with van der Waals surface area (Å²) in [6.45, 7) is 2.34. The number of alkyl carbamates (subject to hydrolysis) is 1. The van der Waals surface area contributed by atoms with Crippen LogP contribution in [0.3, 0.4) is 0 Å². The molecule has 1 aliphatic rings. The van der Waals surface area contributed by atoms with E-state index in [0.29, 0.717) is 35.5 Å². The number of carbonyl (C=O) groups is 1. The summed E-state index contributed by atoms with van der Waals surface area (Å²) in [5, 5.41) is 10.8. The lowest BCUT2D eigenvalue weighted by Crippen LogP contribution is -2.28. The van der Waals surface area contributed by atoms with Gasteiger partial charge in [-0.05, 0) is 48.9 Å². The first kappa shape index (κ1) is 16.4. The number of cyclic esters (lactones) is 1. The average Bonchev–Trinajstić information content (AvgIpc) is 3.02. The summed E-state index contributed by atoms with van der Waals surface area (Å²) in [6, 6.07) is 10.2. The molecule has 0 unspecified atom stereocenters. The van der Waals surface area contributed by atoms with Crippen molar-refractivity contribution in [1.82, 2.24) is 15.5 Å². The van der Waals surface area contributed by atoms with Crippen molar-refractivity contribution >= 4 is 17.0 Å². The van der Waals surface area contributed by atoms with Crippen LogP contribution in [0.2, 0.25) is 0 Å². The lowest BCUT2D eigenvalue weighted by Gasteiger charge is -2.15. The molecule has 0 aliphatic carbocycles. The van der Waals surface area contributed by atoms with E-state index in [4.69, 9.17) is 9.47 Å². The van der Waals surface area contributed by atoms with Crippen LogP contribution >= 0.6 is 0 Å². The average molecular weight is 355 g/mol. The van der Waals surface area contributed by atoms with Crippen LogP contribution in [0, 0.1) is 5.82 Å². The molecule has 1 aromatic heterocycles. The number of benzene rings is 2. The van der Waals surface area contributed by atoms with Crippen LogP contribution in [0.4, 0.5) is 9.18 Å². The van der Waals surface area contributed by atoms with E-state index >= 15 is 0 Å². The summed E-state index contributed by atoms with van der Waals surface area (Å²) in [5.41, 5.74) is 2.62. The topological polar surface area (TPSA) is 76.2 Å². The first-order valence-corrected chi connectivity index (χ1v) is 8.44. The molecular weight excluding hydrogens is 337 g/mol. The molecule has 0 saturated carbocycles. The van der Waals surface area contributed by atoms with Crippen LogP contribution in [0.25, 0.3) is 22.2 Å². The van der Waals surface area contributed by atoms with Crippen molar-refractivity contribution in [2.45, 2.75) is 26.1 Å². The quantitative estimate of drug-likeness (QED) is 0.644. The number of fused-ring (bicyclic) bond motifs is 4. The molecule has 0 radical (unpaired) electrons. The summed E-state index contributed by atoms with van der Waals surface area (Å²) in [4.78, 5) is 11.8. The van der Waals surface area contributed by atoms with Gasteiger partial charge in [-0.3, -0.25) is 5.10 Å². The number of nitrogens with one attached hydrogen (secondary N) is 2. The fraction of sp³-hybridized carbons (Fsp3) is 0.263. The fourth-order valence-electron chi connectivity index (χ4n) is 3.03. The highest BCUT2D eigenvalue weighted by molar-refractivity contribution is 5.93. The van der Waals surface area contributed by atoms with Crippen molar-refractivity contribution in [2.24, 2.45) is 0 Å². The Morgan fingerprint density at radius 2 is 2.12 bits per heavy atom. The van der Waals surface area contributed by atoms with E-state index in [0.717, 1.165) is 10.9 Å². The van der Waals surface area contributed by atoms with Gasteiger partial charge in [0.2, 0.25) is 0 Å². The van der Waals surface area contributed by atoms with Gasteiger partial charge in [0, 0.05) is 23.9 Å². The van der Waals surface area contributed by atoms with Gasteiger partial charge in [0.25, 0.3) is 0 Å². The summed E-state index contributed by atoms with van der Waals surface area (Å²) >= 11 is 0. The third-order valence-corrected chi connectivity index (χ3v) is 4.29. The first-order chi connectivity index (χ1) is 12.6. The Hall–Kier alpha value is -3.09. The highest BCUT2D eigenvalue weighted by atomic mass is 19.1. The second-order valence-corrected chi connectivity index (χ2v) is 6.35. The Morgan fingerprint density at radius 1 is 1.23 bits per heavy atom. The Balaban J connectivity index is 1.82. The minimum absolute atomic E-state index is 0.0176. The summed E-state index contributed by atoms with van der Waals surface area (Å²) in [6.07, 6.45) is 0.000596. The second kappa shape index (κ2) is 6.67.